The Hall–Kier alpha value is -3.50. The topological polar surface area (TPSA) is 99.3 Å². The summed E-state index contributed by atoms with van der Waals surface area (Å²) in [4.78, 5) is 16.1. The number of aliphatic imine (C=N–C) groups is 1. The van der Waals surface area contributed by atoms with Crippen molar-refractivity contribution < 1.29 is 13.2 Å². The Morgan fingerprint density at radius 1 is 1.26 bits per heavy atom. The van der Waals surface area contributed by atoms with Crippen molar-refractivity contribution in [1.29, 1.82) is 0 Å². The number of fused-ring (bicyclic) bond motifs is 2. The summed E-state index contributed by atoms with van der Waals surface area (Å²) in [6, 6.07) is 3.13. The first-order valence-corrected chi connectivity index (χ1v) is 7.82. The number of pyridine rings is 1. The summed E-state index contributed by atoms with van der Waals surface area (Å²) in [6.45, 7) is 4.36. The highest BCUT2D eigenvalue weighted by molar-refractivity contribution is 5.88. The third-order valence-corrected chi connectivity index (χ3v) is 4.10. The SMILES string of the molecule is C=Nc1nc(N)c2c(-c3ccc4nc(C)n(CC(F)F)c4n3)c(F)cn2n1. The van der Waals surface area contributed by atoms with E-state index in [1.807, 2.05) is 0 Å². The van der Waals surface area contributed by atoms with Gasteiger partial charge in [-0.15, -0.1) is 5.10 Å². The summed E-state index contributed by atoms with van der Waals surface area (Å²) in [6.07, 6.45) is -1.46. The fourth-order valence-corrected chi connectivity index (χ4v) is 2.99. The molecule has 0 aliphatic heterocycles. The van der Waals surface area contributed by atoms with Crippen molar-refractivity contribution >= 4 is 35.2 Å². The number of anilines is 1. The molecule has 0 aromatic carbocycles. The Balaban J connectivity index is 1.97. The zero-order valence-electron chi connectivity index (χ0n) is 14.1. The average Bonchev–Trinajstić information content (AvgIpc) is 3.10. The molecule has 27 heavy (non-hydrogen) atoms. The maximum atomic E-state index is 14.6. The summed E-state index contributed by atoms with van der Waals surface area (Å²) in [5.74, 6) is -0.261. The lowest BCUT2D eigenvalue weighted by molar-refractivity contribution is 0.127. The molecular formula is C16H13F3N8. The van der Waals surface area contributed by atoms with Gasteiger partial charge in [0.1, 0.15) is 16.9 Å². The lowest BCUT2D eigenvalue weighted by Crippen LogP contribution is -2.09. The fraction of sp³-hybridized carbons (Fsp3) is 0.188. The standard InChI is InChI=1S/C16H13F3N8/c1-7-22-10-4-3-9(23-15(10)26(7)6-11(18)19)12-8(17)5-27-13(12)14(20)24-16(21-2)25-27/h3-5,11H,2,6H2,1H3,(H2,20,24,25). The van der Waals surface area contributed by atoms with Gasteiger partial charge < -0.3 is 10.3 Å². The lowest BCUT2D eigenvalue weighted by atomic mass is 10.1. The Bertz CT molecular complexity index is 1190. The first-order valence-electron chi connectivity index (χ1n) is 7.82. The summed E-state index contributed by atoms with van der Waals surface area (Å²) in [7, 11) is 0. The van der Waals surface area contributed by atoms with Crippen LogP contribution in [-0.2, 0) is 6.54 Å². The molecule has 0 atom stereocenters. The molecule has 4 rings (SSSR count). The number of nitrogen functional groups attached to an aromatic ring is 1. The van der Waals surface area contributed by atoms with Gasteiger partial charge in [-0.3, -0.25) is 0 Å². The third kappa shape index (κ3) is 2.67. The van der Waals surface area contributed by atoms with Crippen molar-refractivity contribution in [2.45, 2.75) is 19.9 Å². The van der Waals surface area contributed by atoms with Gasteiger partial charge in [-0.05, 0) is 25.8 Å². The van der Waals surface area contributed by atoms with E-state index in [4.69, 9.17) is 5.73 Å². The van der Waals surface area contributed by atoms with Crippen molar-refractivity contribution in [3.05, 3.63) is 30.0 Å². The van der Waals surface area contributed by atoms with E-state index < -0.39 is 18.8 Å². The average molecular weight is 374 g/mol. The van der Waals surface area contributed by atoms with Gasteiger partial charge >= 0.3 is 0 Å². The summed E-state index contributed by atoms with van der Waals surface area (Å²) in [5, 5.41) is 4.00. The van der Waals surface area contributed by atoms with Crippen LogP contribution in [0.4, 0.5) is 24.9 Å². The molecule has 0 fully saturated rings. The van der Waals surface area contributed by atoms with Crippen LogP contribution in [0.2, 0.25) is 0 Å². The van der Waals surface area contributed by atoms with Crippen LogP contribution in [0.15, 0.2) is 23.3 Å². The number of hydrogen-bond donors (Lipinski definition) is 1. The predicted octanol–water partition coefficient (Wildman–Crippen LogP) is 2.77. The molecule has 0 bridgehead atoms. The Morgan fingerprint density at radius 2 is 2.04 bits per heavy atom. The summed E-state index contributed by atoms with van der Waals surface area (Å²) >= 11 is 0. The molecule has 2 N–H and O–H groups in total. The van der Waals surface area contributed by atoms with Gasteiger partial charge in [0.25, 0.3) is 12.4 Å². The van der Waals surface area contributed by atoms with Crippen molar-refractivity contribution in [3.8, 4) is 11.3 Å². The van der Waals surface area contributed by atoms with Gasteiger partial charge in [-0.25, -0.2) is 32.6 Å². The monoisotopic (exact) mass is 374 g/mol. The van der Waals surface area contributed by atoms with E-state index in [-0.39, 0.29) is 34.2 Å². The van der Waals surface area contributed by atoms with Crippen LogP contribution in [0.5, 0.6) is 0 Å². The van der Waals surface area contributed by atoms with E-state index >= 15 is 0 Å². The van der Waals surface area contributed by atoms with Gasteiger partial charge in [0, 0.05) is 0 Å². The number of imidazole rings is 1. The summed E-state index contributed by atoms with van der Waals surface area (Å²) < 4.78 is 42.9. The van der Waals surface area contributed by atoms with E-state index in [1.165, 1.54) is 9.08 Å². The van der Waals surface area contributed by atoms with Crippen LogP contribution in [0.1, 0.15) is 5.82 Å². The first-order chi connectivity index (χ1) is 12.9. The first kappa shape index (κ1) is 16.9. The zero-order chi connectivity index (χ0) is 19.3. The molecule has 4 aromatic heterocycles. The molecule has 4 aromatic rings. The smallest absolute Gasteiger partial charge is 0.268 e. The molecule has 11 heteroatoms. The van der Waals surface area contributed by atoms with Crippen LogP contribution >= 0.6 is 0 Å². The third-order valence-electron chi connectivity index (χ3n) is 4.10. The highest BCUT2D eigenvalue weighted by Gasteiger charge is 2.21. The number of hydrogen-bond acceptors (Lipinski definition) is 6. The van der Waals surface area contributed by atoms with Gasteiger partial charge in [-0.1, -0.05) is 0 Å². The molecular weight excluding hydrogens is 361 g/mol. The Morgan fingerprint density at radius 3 is 2.74 bits per heavy atom. The fourth-order valence-electron chi connectivity index (χ4n) is 2.99. The number of halogens is 3. The second-order valence-electron chi connectivity index (χ2n) is 5.80. The second-order valence-corrected chi connectivity index (χ2v) is 5.80. The maximum absolute atomic E-state index is 14.6. The number of nitrogens with two attached hydrogens (primary N) is 1. The van der Waals surface area contributed by atoms with Crippen LogP contribution in [-0.4, -0.2) is 42.3 Å². The maximum Gasteiger partial charge on any atom is 0.268 e. The van der Waals surface area contributed by atoms with Gasteiger partial charge in [0.05, 0.1) is 24.0 Å². The number of nitrogens with zero attached hydrogens (tertiary/aromatic N) is 7. The molecule has 0 amide bonds. The second kappa shape index (κ2) is 6.04. The van der Waals surface area contributed by atoms with Gasteiger partial charge in [-0.2, -0.15) is 4.98 Å². The zero-order valence-corrected chi connectivity index (χ0v) is 14.1. The van der Waals surface area contributed by atoms with Gasteiger partial charge in [0.2, 0.25) is 0 Å². The number of alkyl halides is 2. The molecule has 0 saturated heterocycles. The quantitative estimate of drug-likeness (QED) is 0.554. The minimum atomic E-state index is -2.58. The molecule has 4 heterocycles. The molecule has 0 aliphatic carbocycles. The molecule has 0 spiro atoms. The molecule has 138 valence electrons. The van der Waals surface area contributed by atoms with E-state index in [9.17, 15) is 13.2 Å². The minimum absolute atomic E-state index is 0.00408. The van der Waals surface area contributed by atoms with Crippen molar-refractivity contribution in [2.75, 3.05) is 5.73 Å². The molecule has 0 aliphatic rings. The lowest BCUT2D eigenvalue weighted by Gasteiger charge is -2.07. The normalized spacial score (nSPS) is 11.7. The van der Waals surface area contributed by atoms with Crippen LogP contribution in [0.3, 0.4) is 0 Å². The molecule has 0 radical (unpaired) electrons. The molecule has 0 saturated carbocycles. The molecule has 0 unspecified atom stereocenters. The van der Waals surface area contributed by atoms with Crippen LogP contribution in [0.25, 0.3) is 27.9 Å². The predicted molar refractivity (Wildman–Crippen MR) is 93.8 cm³/mol. The van der Waals surface area contributed by atoms with E-state index in [0.29, 0.717) is 11.3 Å². The van der Waals surface area contributed by atoms with E-state index in [1.54, 1.807) is 19.1 Å². The Labute approximate surface area is 150 Å². The largest absolute Gasteiger partial charge is 0.382 e. The minimum Gasteiger partial charge on any atom is -0.382 e. The Kier molecular flexibility index (Phi) is 3.79. The number of aromatic nitrogens is 6. The number of rotatable bonds is 4. The van der Waals surface area contributed by atoms with E-state index in [0.717, 1.165) is 6.20 Å². The van der Waals surface area contributed by atoms with Crippen LogP contribution < -0.4 is 5.73 Å². The summed E-state index contributed by atoms with van der Waals surface area (Å²) in [5.41, 5.74) is 7.05. The van der Waals surface area contributed by atoms with E-state index in [2.05, 4.69) is 31.8 Å². The van der Waals surface area contributed by atoms with Crippen LogP contribution in [0, 0.1) is 12.7 Å². The highest BCUT2D eigenvalue weighted by atomic mass is 19.3. The number of aryl methyl sites for hydroxylation is 1. The van der Waals surface area contributed by atoms with Crippen molar-refractivity contribution in [2.24, 2.45) is 4.99 Å². The van der Waals surface area contributed by atoms with Gasteiger partial charge in [0.15, 0.2) is 17.3 Å². The van der Waals surface area contributed by atoms with Crippen molar-refractivity contribution in [3.63, 3.8) is 0 Å². The molecule has 8 nitrogen and oxygen atoms in total. The highest BCUT2D eigenvalue weighted by Crippen LogP contribution is 2.32. The van der Waals surface area contributed by atoms with Crippen molar-refractivity contribution in [1.82, 2.24) is 29.1 Å².